The highest BCUT2D eigenvalue weighted by molar-refractivity contribution is 5.76. The fourth-order valence-electron chi connectivity index (χ4n) is 7.81. The van der Waals surface area contributed by atoms with Crippen LogP contribution in [-0.4, -0.2) is 110 Å². The summed E-state index contributed by atoms with van der Waals surface area (Å²) in [4.78, 5) is 29.8. The molecule has 1 heterocycles. The molecule has 2 N–H and O–H groups in total. The van der Waals surface area contributed by atoms with Gasteiger partial charge in [-0.25, -0.2) is 0 Å². The van der Waals surface area contributed by atoms with Gasteiger partial charge < -0.3 is 29.3 Å². The van der Waals surface area contributed by atoms with Crippen molar-refractivity contribution >= 4 is 11.9 Å². The Bertz CT molecular complexity index is 1490. The van der Waals surface area contributed by atoms with Gasteiger partial charge in [0.1, 0.15) is 25.4 Å². The minimum absolute atomic E-state index is 0.0416. The average molecular weight is 825 g/mol. The third-order valence-electron chi connectivity index (χ3n) is 12.5. The maximum absolute atomic E-state index is 12.8. The van der Waals surface area contributed by atoms with Gasteiger partial charge in [0.05, 0.1) is 24.0 Å². The smallest absolute Gasteiger partial charge is 0.311 e. The molecule has 9 heteroatoms. The topological polar surface area (TPSA) is 109 Å². The van der Waals surface area contributed by atoms with E-state index in [9.17, 15) is 19.8 Å². The first-order valence-electron chi connectivity index (χ1n) is 22.9. The van der Waals surface area contributed by atoms with Crippen LogP contribution in [0.25, 0.3) is 0 Å². The van der Waals surface area contributed by atoms with Gasteiger partial charge in [0.15, 0.2) is 0 Å². The van der Waals surface area contributed by atoms with Crippen molar-refractivity contribution in [2.75, 3.05) is 65.7 Å². The summed E-state index contributed by atoms with van der Waals surface area (Å²) >= 11 is 0. The van der Waals surface area contributed by atoms with E-state index >= 15 is 0 Å². The number of aliphatic hydroxyl groups excluding tert-OH is 2. The molecule has 6 atom stereocenters. The molecule has 3 rings (SSSR count). The summed E-state index contributed by atoms with van der Waals surface area (Å²) in [6.07, 6.45) is 4.33. The zero-order valence-electron chi connectivity index (χ0n) is 39.2. The van der Waals surface area contributed by atoms with Crippen LogP contribution in [0.5, 0.6) is 0 Å². The number of hydrogen-bond donors (Lipinski definition) is 2. The third-order valence-corrected chi connectivity index (χ3v) is 12.5. The molecule has 0 aromatic heterocycles. The van der Waals surface area contributed by atoms with Crippen molar-refractivity contribution in [2.24, 2.45) is 10.8 Å². The standard InChI is InChI=1S/C25H41NO4.C25H43NO3/c1-6-19(3)21-9-8-10-22(15-21)20(7-2)16-25(4,5)24(28)30-18-23(27)17-26-11-13-29-14-12-26;1-8-19(5)21-13-12-14-22(15-21)20(9-2)16-25(6,7)24(28)29-18-23(27)17-26(10-3)11-4/h8-10,15,19-20,23,27H,6-7,11-14,16-18H2,1-5H3;12-15,19-20,23,27H,8-11,16-18H2,1-7H3. The highest BCUT2D eigenvalue weighted by Crippen LogP contribution is 2.37. The Balaban J connectivity index is 0.000000407. The molecule has 2 aromatic carbocycles. The van der Waals surface area contributed by atoms with Crippen LogP contribution in [0, 0.1) is 10.8 Å². The molecule has 59 heavy (non-hydrogen) atoms. The second-order valence-electron chi connectivity index (χ2n) is 18.2. The van der Waals surface area contributed by atoms with Gasteiger partial charge in [0.25, 0.3) is 0 Å². The molecule has 6 unspecified atom stereocenters. The molecule has 0 amide bonds. The van der Waals surface area contributed by atoms with Crippen molar-refractivity contribution in [2.45, 2.75) is 157 Å². The fraction of sp³-hybridized carbons (Fsp3) is 0.720. The summed E-state index contributed by atoms with van der Waals surface area (Å²) in [5, 5.41) is 20.5. The van der Waals surface area contributed by atoms with Crippen LogP contribution in [-0.2, 0) is 23.8 Å². The van der Waals surface area contributed by atoms with Crippen molar-refractivity contribution in [3.05, 3.63) is 70.8 Å². The van der Waals surface area contributed by atoms with E-state index in [0.29, 0.717) is 50.0 Å². The summed E-state index contributed by atoms with van der Waals surface area (Å²) in [5.74, 6) is 1.22. The molecule has 336 valence electrons. The largest absolute Gasteiger partial charge is 0.462 e. The SMILES string of the molecule is CCC(C)c1cccc(C(CC)CC(C)(C)C(=O)OCC(O)CN(CC)CC)c1.CCC(C)c1cccc(C(CC)CC(C)(C)C(=O)OCC(O)CN2CCOCC2)c1. The Labute approximate surface area is 359 Å². The lowest BCUT2D eigenvalue weighted by Gasteiger charge is -2.30. The van der Waals surface area contributed by atoms with E-state index < -0.39 is 23.0 Å². The van der Waals surface area contributed by atoms with Crippen molar-refractivity contribution < 1.29 is 34.0 Å². The number of rotatable bonds is 24. The molecule has 1 fully saturated rings. The number of β-amino-alcohol motifs (C(OH)–C–C–N with tert-alkyl or cyclic N) is 1. The van der Waals surface area contributed by atoms with Crippen LogP contribution in [0.3, 0.4) is 0 Å². The summed E-state index contributed by atoms with van der Waals surface area (Å²) in [5.41, 5.74) is 4.12. The van der Waals surface area contributed by atoms with Crippen LogP contribution in [0.4, 0.5) is 0 Å². The van der Waals surface area contributed by atoms with E-state index in [-0.39, 0.29) is 25.2 Å². The Morgan fingerprint density at radius 3 is 1.47 bits per heavy atom. The molecule has 0 spiro atoms. The van der Waals surface area contributed by atoms with Crippen molar-refractivity contribution in [1.29, 1.82) is 0 Å². The van der Waals surface area contributed by atoms with Crippen molar-refractivity contribution in [3.63, 3.8) is 0 Å². The number of esters is 2. The third kappa shape index (κ3) is 18.0. The number of likely N-dealkylation sites (N-methyl/N-ethyl adjacent to an activating group) is 1. The van der Waals surface area contributed by atoms with E-state index in [0.717, 1.165) is 64.7 Å². The maximum Gasteiger partial charge on any atom is 0.311 e. The highest BCUT2D eigenvalue weighted by atomic mass is 16.5. The number of morpholine rings is 1. The average Bonchev–Trinajstić information content (AvgIpc) is 3.24. The number of hydrogen-bond acceptors (Lipinski definition) is 9. The van der Waals surface area contributed by atoms with Crippen molar-refractivity contribution in [3.8, 4) is 0 Å². The molecule has 0 aliphatic carbocycles. The van der Waals surface area contributed by atoms with E-state index in [1.807, 2.05) is 27.7 Å². The van der Waals surface area contributed by atoms with E-state index in [4.69, 9.17) is 14.2 Å². The minimum Gasteiger partial charge on any atom is -0.462 e. The summed E-state index contributed by atoms with van der Waals surface area (Å²) < 4.78 is 16.4. The molecule has 0 bridgehead atoms. The maximum atomic E-state index is 12.8. The predicted octanol–water partition coefficient (Wildman–Crippen LogP) is 9.70. The van der Waals surface area contributed by atoms with Gasteiger partial charge in [-0.1, -0.05) is 104 Å². The predicted molar refractivity (Wildman–Crippen MR) is 242 cm³/mol. The first-order valence-corrected chi connectivity index (χ1v) is 22.9. The first kappa shape index (κ1) is 52.3. The van der Waals surface area contributed by atoms with E-state index in [2.05, 4.69) is 114 Å². The van der Waals surface area contributed by atoms with Crippen LogP contribution < -0.4 is 0 Å². The number of benzene rings is 2. The van der Waals surface area contributed by atoms with Gasteiger partial charge >= 0.3 is 11.9 Å². The number of carbonyl (C=O) groups is 2. The monoisotopic (exact) mass is 825 g/mol. The van der Waals surface area contributed by atoms with Gasteiger partial charge in [-0.3, -0.25) is 14.5 Å². The second-order valence-corrected chi connectivity index (χ2v) is 18.2. The van der Waals surface area contributed by atoms with Crippen LogP contribution in [0.1, 0.15) is 168 Å². The van der Waals surface area contributed by atoms with Crippen LogP contribution in [0.15, 0.2) is 48.5 Å². The lowest BCUT2D eigenvalue weighted by molar-refractivity contribution is -0.158. The second kappa shape index (κ2) is 26.5. The van der Waals surface area contributed by atoms with E-state index in [1.165, 1.54) is 22.3 Å². The fourth-order valence-corrected chi connectivity index (χ4v) is 7.81. The number of ether oxygens (including phenoxy) is 3. The van der Waals surface area contributed by atoms with Gasteiger partial charge in [-0.15, -0.1) is 0 Å². The van der Waals surface area contributed by atoms with Gasteiger partial charge in [0.2, 0.25) is 0 Å². The molecule has 1 aliphatic rings. The lowest BCUT2D eigenvalue weighted by atomic mass is 9.78. The Morgan fingerprint density at radius 2 is 1.08 bits per heavy atom. The lowest BCUT2D eigenvalue weighted by Crippen LogP contribution is -2.42. The summed E-state index contributed by atoms with van der Waals surface area (Å²) in [6.45, 7) is 31.1. The zero-order valence-corrected chi connectivity index (χ0v) is 39.2. The molecule has 1 aliphatic heterocycles. The zero-order chi connectivity index (χ0) is 44.2. The van der Waals surface area contributed by atoms with Crippen molar-refractivity contribution in [1.82, 2.24) is 9.80 Å². The molecule has 2 aromatic rings. The van der Waals surface area contributed by atoms with Gasteiger partial charge in [-0.05, 0) is 125 Å². The number of nitrogens with zero attached hydrogens (tertiary/aromatic N) is 2. The molecule has 9 nitrogen and oxygen atoms in total. The molecule has 0 radical (unpaired) electrons. The minimum atomic E-state index is -0.669. The van der Waals surface area contributed by atoms with Gasteiger partial charge in [-0.2, -0.15) is 0 Å². The molecule has 1 saturated heterocycles. The van der Waals surface area contributed by atoms with Gasteiger partial charge in [0, 0.05) is 26.2 Å². The highest BCUT2D eigenvalue weighted by Gasteiger charge is 2.34. The first-order chi connectivity index (χ1) is 27.9. The summed E-state index contributed by atoms with van der Waals surface area (Å²) in [7, 11) is 0. The molecule has 0 saturated carbocycles. The van der Waals surface area contributed by atoms with Crippen LogP contribution >= 0.6 is 0 Å². The normalized spacial score (nSPS) is 16.9. The quantitative estimate of drug-likeness (QED) is 0.100. The number of aliphatic hydroxyl groups is 2. The van der Waals surface area contributed by atoms with E-state index in [1.54, 1.807) is 0 Å². The summed E-state index contributed by atoms with van der Waals surface area (Å²) in [6, 6.07) is 17.6. The number of carbonyl (C=O) groups excluding carboxylic acids is 2. The molecular formula is C50H84N2O7. The Kier molecular flexibility index (Phi) is 23.5. The Morgan fingerprint density at radius 1 is 0.678 bits per heavy atom. The van der Waals surface area contributed by atoms with Crippen LogP contribution in [0.2, 0.25) is 0 Å². The molecular weight excluding hydrogens is 741 g/mol. The Hall–Kier alpha value is -2.82.